The summed E-state index contributed by atoms with van der Waals surface area (Å²) in [6.07, 6.45) is 0. The molecular weight excluding hydrogens is 295 g/mol. The number of imide groups is 1. The molecule has 0 bridgehead atoms. The van der Waals surface area contributed by atoms with E-state index in [0.717, 1.165) is 10.5 Å². The number of nitrogens with zero attached hydrogens (tertiary/aromatic N) is 1. The number of halogens is 1. The number of carbonyl (C=O) groups excluding carboxylic acids is 2. The van der Waals surface area contributed by atoms with Crippen LogP contribution < -0.4 is 4.90 Å². The molecule has 0 aliphatic carbocycles. The fourth-order valence-corrected chi connectivity index (χ4v) is 2.83. The number of hydrogen-bond donors (Lipinski definition) is 1. The molecule has 2 aromatic rings. The lowest BCUT2D eigenvalue weighted by molar-refractivity contribution is -0.892. The first kappa shape index (κ1) is 15.4. The van der Waals surface area contributed by atoms with Gasteiger partial charge in [-0.05, 0) is 24.3 Å². The van der Waals surface area contributed by atoms with E-state index in [0.29, 0.717) is 30.8 Å². The van der Waals surface area contributed by atoms with Crippen LogP contribution >= 0.6 is 0 Å². The van der Waals surface area contributed by atoms with Gasteiger partial charge in [-0.3, -0.25) is 14.5 Å². The summed E-state index contributed by atoms with van der Waals surface area (Å²) in [5, 5.41) is 0. The van der Waals surface area contributed by atoms with E-state index < -0.39 is 0 Å². The minimum absolute atomic E-state index is 0.232. The van der Waals surface area contributed by atoms with Crippen LogP contribution in [0.1, 0.15) is 26.3 Å². The largest absolute Gasteiger partial charge is 0.332 e. The van der Waals surface area contributed by atoms with Gasteiger partial charge in [-0.25, -0.2) is 4.39 Å². The molecule has 0 saturated heterocycles. The summed E-state index contributed by atoms with van der Waals surface area (Å²) in [7, 11) is 1.96. The minimum Gasteiger partial charge on any atom is -0.332 e. The van der Waals surface area contributed by atoms with Crippen molar-refractivity contribution in [3.05, 3.63) is 71.0 Å². The lowest BCUT2D eigenvalue weighted by Gasteiger charge is -2.18. The number of rotatable bonds is 5. The molecule has 1 atom stereocenters. The summed E-state index contributed by atoms with van der Waals surface area (Å²) in [5.41, 5.74) is 1.84. The van der Waals surface area contributed by atoms with E-state index >= 15 is 0 Å². The van der Waals surface area contributed by atoms with Crippen LogP contribution in [0.4, 0.5) is 4.39 Å². The molecular formula is C18H18FN2O2+. The SMILES string of the molecule is C[NH+](CCN1C(=O)c2ccccc2C1=O)Cc1cccc(F)c1. The minimum atomic E-state index is -0.254. The van der Waals surface area contributed by atoms with Gasteiger partial charge in [0.2, 0.25) is 0 Å². The normalized spacial score (nSPS) is 15.0. The van der Waals surface area contributed by atoms with Crippen molar-refractivity contribution >= 4 is 11.8 Å². The third-order valence-electron chi connectivity index (χ3n) is 4.04. The molecule has 1 N–H and O–H groups in total. The number of hydrogen-bond acceptors (Lipinski definition) is 2. The van der Waals surface area contributed by atoms with Gasteiger partial charge in [0, 0.05) is 5.56 Å². The Hall–Kier alpha value is -2.53. The summed E-state index contributed by atoms with van der Waals surface area (Å²) in [4.78, 5) is 26.9. The quantitative estimate of drug-likeness (QED) is 0.841. The summed E-state index contributed by atoms with van der Waals surface area (Å²) >= 11 is 0. The molecule has 118 valence electrons. The van der Waals surface area contributed by atoms with Crippen molar-refractivity contribution in [3.63, 3.8) is 0 Å². The number of likely N-dealkylation sites (N-methyl/N-ethyl adjacent to an activating group) is 1. The highest BCUT2D eigenvalue weighted by molar-refractivity contribution is 6.21. The Morgan fingerprint density at radius 1 is 1.00 bits per heavy atom. The predicted octanol–water partition coefficient (Wildman–Crippen LogP) is 1.14. The van der Waals surface area contributed by atoms with Gasteiger partial charge in [-0.15, -0.1) is 0 Å². The molecule has 0 spiro atoms. The van der Waals surface area contributed by atoms with E-state index in [2.05, 4.69) is 0 Å². The highest BCUT2D eigenvalue weighted by Gasteiger charge is 2.35. The fourth-order valence-electron chi connectivity index (χ4n) is 2.83. The molecule has 3 rings (SSSR count). The standard InChI is InChI=1S/C18H17FN2O2/c1-20(12-13-5-4-6-14(19)11-13)9-10-21-17(22)15-7-2-3-8-16(15)18(21)23/h2-8,11H,9-10,12H2,1H3/p+1. The number of amides is 2. The van der Waals surface area contributed by atoms with Gasteiger partial charge in [-0.1, -0.05) is 24.3 Å². The molecule has 1 unspecified atom stereocenters. The predicted molar refractivity (Wildman–Crippen MR) is 83.7 cm³/mol. The van der Waals surface area contributed by atoms with E-state index in [-0.39, 0.29) is 17.6 Å². The Kier molecular flexibility index (Phi) is 4.21. The van der Waals surface area contributed by atoms with Crippen LogP contribution in [-0.2, 0) is 6.54 Å². The highest BCUT2D eigenvalue weighted by Crippen LogP contribution is 2.21. The zero-order chi connectivity index (χ0) is 16.4. The van der Waals surface area contributed by atoms with E-state index in [9.17, 15) is 14.0 Å². The second-order valence-corrected chi connectivity index (χ2v) is 5.82. The Morgan fingerprint density at radius 3 is 2.26 bits per heavy atom. The second kappa shape index (κ2) is 6.30. The Bertz CT molecular complexity index is 725. The maximum atomic E-state index is 13.2. The summed E-state index contributed by atoms with van der Waals surface area (Å²) in [5.74, 6) is -0.719. The Balaban J connectivity index is 1.61. The molecule has 5 heteroatoms. The average molecular weight is 313 g/mol. The van der Waals surface area contributed by atoms with E-state index in [4.69, 9.17) is 0 Å². The maximum absolute atomic E-state index is 13.2. The first-order chi connectivity index (χ1) is 11.1. The summed E-state index contributed by atoms with van der Waals surface area (Å²) in [6, 6.07) is 13.3. The second-order valence-electron chi connectivity index (χ2n) is 5.82. The molecule has 1 aliphatic rings. The third kappa shape index (κ3) is 3.14. The molecule has 23 heavy (non-hydrogen) atoms. The lowest BCUT2D eigenvalue weighted by atomic mass is 10.1. The molecule has 1 heterocycles. The summed E-state index contributed by atoms with van der Waals surface area (Å²) < 4.78 is 13.2. The van der Waals surface area contributed by atoms with Crippen LogP contribution in [0.2, 0.25) is 0 Å². The van der Waals surface area contributed by atoms with Crippen LogP contribution in [0.25, 0.3) is 0 Å². The van der Waals surface area contributed by atoms with Crippen LogP contribution in [-0.4, -0.2) is 36.9 Å². The van der Waals surface area contributed by atoms with Crippen molar-refractivity contribution in [1.82, 2.24) is 4.90 Å². The van der Waals surface area contributed by atoms with Crippen LogP contribution in [0.5, 0.6) is 0 Å². The van der Waals surface area contributed by atoms with Crippen LogP contribution in [0.15, 0.2) is 48.5 Å². The fraction of sp³-hybridized carbons (Fsp3) is 0.222. The topological polar surface area (TPSA) is 41.8 Å². The number of fused-ring (bicyclic) bond motifs is 1. The molecule has 2 aromatic carbocycles. The highest BCUT2D eigenvalue weighted by atomic mass is 19.1. The van der Waals surface area contributed by atoms with Crippen molar-refractivity contribution in [3.8, 4) is 0 Å². The molecule has 0 saturated carbocycles. The molecule has 4 nitrogen and oxygen atoms in total. The number of quaternary nitrogens is 1. The van der Waals surface area contributed by atoms with Gasteiger partial charge in [0.15, 0.2) is 0 Å². The monoisotopic (exact) mass is 313 g/mol. The zero-order valence-electron chi connectivity index (χ0n) is 12.9. The Morgan fingerprint density at radius 2 is 1.65 bits per heavy atom. The van der Waals surface area contributed by atoms with Crippen molar-refractivity contribution < 1.29 is 18.9 Å². The number of benzene rings is 2. The molecule has 0 radical (unpaired) electrons. The third-order valence-corrected chi connectivity index (χ3v) is 4.04. The van der Waals surface area contributed by atoms with Crippen molar-refractivity contribution in [2.45, 2.75) is 6.54 Å². The van der Waals surface area contributed by atoms with Gasteiger partial charge in [0.1, 0.15) is 12.4 Å². The average Bonchev–Trinajstić information content (AvgIpc) is 2.77. The van der Waals surface area contributed by atoms with Gasteiger partial charge >= 0.3 is 0 Å². The van der Waals surface area contributed by atoms with Crippen LogP contribution in [0, 0.1) is 5.82 Å². The molecule has 0 aromatic heterocycles. The first-order valence-corrected chi connectivity index (χ1v) is 7.57. The maximum Gasteiger partial charge on any atom is 0.261 e. The summed E-state index contributed by atoms with van der Waals surface area (Å²) in [6.45, 7) is 1.61. The van der Waals surface area contributed by atoms with Crippen molar-refractivity contribution in [1.29, 1.82) is 0 Å². The van der Waals surface area contributed by atoms with Gasteiger partial charge in [0.05, 0.1) is 31.3 Å². The smallest absolute Gasteiger partial charge is 0.261 e. The number of nitrogens with one attached hydrogen (secondary N) is 1. The Labute approximate surface area is 134 Å². The lowest BCUT2D eigenvalue weighted by Crippen LogP contribution is -3.08. The first-order valence-electron chi connectivity index (χ1n) is 7.57. The van der Waals surface area contributed by atoms with Gasteiger partial charge < -0.3 is 4.90 Å². The van der Waals surface area contributed by atoms with Crippen molar-refractivity contribution in [2.75, 3.05) is 20.1 Å². The van der Waals surface area contributed by atoms with Gasteiger partial charge in [-0.2, -0.15) is 0 Å². The molecule has 2 amide bonds. The number of carbonyl (C=O) groups is 2. The van der Waals surface area contributed by atoms with Crippen molar-refractivity contribution in [2.24, 2.45) is 0 Å². The van der Waals surface area contributed by atoms with Crippen LogP contribution in [0.3, 0.4) is 0 Å². The molecule has 0 fully saturated rings. The zero-order valence-corrected chi connectivity index (χ0v) is 12.9. The van der Waals surface area contributed by atoms with Gasteiger partial charge in [0.25, 0.3) is 11.8 Å². The van der Waals surface area contributed by atoms with E-state index in [1.807, 2.05) is 13.1 Å². The van der Waals surface area contributed by atoms with E-state index in [1.165, 1.54) is 17.0 Å². The molecule has 1 aliphatic heterocycles. The van der Waals surface area contributed by atoms with E-state index in [1.54, 1.807) is 30.3 Å².